The molecule has 8 heteroatoms. The number of hydrogen-bond donors (Lipinski definition) is 0. The van der Waals surface area contributed by atoms with Crippen LogP contribution in [0.5, 0.6) is 17.2 Å². The molecule has 1 saturated heterocycles. The molecule has 0 radical (unpaired) electrons. The van der Waals surface area contributed by atoms with Crippen LogP contribution in [-0.2, 0) is 4.79 Å². The number of amides is 1. The van der Waals surface area contributed by atoms with Gasteiger partial charge in [0.05, 0.1) is 31.9 Å². The number of rotatable bonds is 5. The Morgan fingerprint density at radius 1 is 1.00 bits per heavy atom. The number of nitrogens with zero attached hydrogens (tertiary/aromatic N) is 1. The molecule has 140 valence electrons. The highest BCUT2D eigenvalue weighted by Gasteiger charge is 2.33. The Morgan fingerprint density at radius 3 is 2.19 bits per heavy atom. The fourth-order valence-corrected chi connectivity index (χ4v) is 4.00. The lowest BCUT2D eigenvalue weighted by atomic mass is 10.1. The number of carbonyl (C=O) groups excluding carboxylic acids is 1. The third-order valence-electron chi connectivity index (χ3n) is 3.90. The molecule has 3 rings (SSSR count). The number of carbonyl (C=O) groups is 1. The highest BCUT2D eigenvalue weighted by Crippen LogP contribution is 2.40. The fourth-order valence-electron chi connectivity index (χ4n) is 2.59. The zero-order chi connectivity index (χ0) is 19.6. The van der Waals surface area contributed by atoms with Crippen molar-refractivity contribution in [2.24, 2.45) is 0 Å². The van der Waals surface area contributed by atoms with Crippen molar-refractivity contribution in [3.63, 3.8) is 0 Å². The minimum Gasteiger partial charge on any atom is -0.496 e. The Morgan fingerprint density at radius 2 is 1.59 bits per heavy atom. The zero-order valence-electron chi connectivity index (χ0n) is 14.8. The third kappa shape index (κ3) is 3.90. The van der Waals surface area contributed by atoms with Crippen LogP contribution >= 0.6 is 35.6 Å². The summed E-state index contributed by atoms with van der Waals surface area (Å²) in [4.78, 5) is 14.9. The fraction of sp³-hybridized carbons (Fsp3) is 0.158. The lowest BCUT2D eigenvalue weighted by molar-refractivity contribution is -0.113. The van der Waals surface area contributed by atoms with Gasteiger partial charge in [-0.1, -0.05) is 35.6 Å². The maximum atomic E-state index is 12.9. The topological polar surface area (TPSA) is 48.0 Å². The van der Waals surface area contributed by atoms with Gasteiger partial charge in [0.2, 0.25) is 0 Å². The van der Waals surface area contributed by atoms with E-state index in [4.69, 9.17) is 38.0 Å². The molecule has 0 N–H and O–H groups in total. The Labute approximate surface area is 171 Å². The molecule has 0 spiro atoms. The molecular formula is C19H16ClNO4S2. The summed E-state index contributed by atoms with van der Waals surface area (Å²) in [7, 11) is 4.65. The molecule has 0 saturated carbocycles. The predicted molar refractivity (Wildman–Crippen MR) is 113 cm³/mol. The van der Waals surface area contributed by atoms with Crippen molar-refractivity contribution in [3.8, 4) is 17.2 Å². The molecule has 1 aliphatic rings. The lowest BCUT2D eigenvalue weighted by Crippen LogP contribution is -2.27. The number of thioether (sulfide) groups is 1. The number of anilines is 1. The van der Waals surface area contributed by atoms with E-state index in [0.29, 0.717) is 42.7 Å². The summed E-state index contributed by atoms with van der Waals surface area (Å²) in [5, 5.41) is 0.592. The van der Waals surface area contributed by atoms with Gasteiger partial charge in [0, 0.05) is 16.7 Å². The highest BCUT2D eigenvalue weighted by atomic mass is 35.5. The van der Waals surface area contributed by atoms with E-state index in [2.05, 4.69) is 0 Å². The second-order valence-corrected chi connectivity index (χ2v) is 7.55. The van der Waals surface area contributed by atoms with Crippen LogP contribution in [-0.4, -0.2) is 31.6 Å². The Hall–Kier alpha value is -2.22. The lowest BCUT2D eigenvalue weighted by Gasteiger charge is -2.14. The van der Waals surface area contributed by atoms with Crippen LogP contribution in [0.2, 0.25) is 5.02 Å². The summed E-state index contributed by atoms with van der Waals surface area (Å²) >= 11 is 12.5. The smallest absolute Gasteiger partial charge is 0.270 e. The molecule has 2 aromatic rings. The van der Waals surface area contributed by atoms with Gasteiger partial charge in [-0.2, -0.15) is 0 Å². The van der Waals surface area contributed by atoms with Gasteiger partial charge in [0.1, 0.15) is 5.75 Å². The van der Waals surface area contributed by atoms with Gasteiger partial charge < -0.3 is 14.2 Å². The molecule has 1 fully saturated rings. The number of benzene rings is 2. The molecule has 0 atom stereocenters. The Kier molecular flexibility index (Phi) is 5.94. The molecule has 0 bridgehead atoms. The van der Waals surface area contributed by atoms with E-state index in [0.717, 1.165) is 0 Å². The van der Waals surface area contributed by atoms with E-state index in [1.165, 1.54) is 16.7 Å². The van der Waals surface area contributed by atoms with E-state index >= 15 is 0 Å². The first-order valence-corrected chi connectivity index (χ1v) is 9.42. The van der Waals surface area contributed by atoms with Gasteiger partial charge in [0.15, 0.2) is 15.8 Å². The third-order valence-corrected chi connectivity index (χ3v) is 5.46. The molecule has 0 unspecified atom stereocenters. The molecule has 0 aromatic heterocycles. The van der Waals surface area contributed by atoms with Crippen LogP contribution in [0.25, 0.3) is 6.08 Å². The average molecular weight is 422 g/mol. The van der Waals surface area contributed by atoms with Crippen LogP contribution in [0.1, 0.15) is 5.56 Å². The first-order chi connectivity index (χ1) is 13.0. The molecule has 27 heavy (non-hydrogen) atoms. The minimum absolute atomic E-state index is 0.204. The summed E-state index contributed by atoms with van der Waals surface area (Å²) in [5.41, 5.74) is 1.36. The van der Waals surface area contributed by atoms with Crippen molar-refractivity contribution in [1.29, 1.82) is 0 Å². The second kappa shape index (κ2) is 8.21. The summed E-state index contributed by atoms with van der Waals surface area (Å²) in [6, 6.07) is 10.4. The summed E-state index contributed by atoms with van der Waals surface area (Å²) in [6.07, 6.45) is 1.73. The molecule has 1 heterocycles. The quantitative estimate of drug-likeness (QED) is 0.512. The van der Waals surface area contributed by atoms with Crippen molar-refractivity contribution in [2.75, 3.05) is 26.2 Å². The molecule has 1 amide bonds. The maximum Gasteiger partial charge on any atom is 0.270 e. The van der Waals surface area contributed by atoms with Gasteiger partial charge >= 0.3 is 0 Å². The van der Waals surface area contributed by atoms with E-state index in [1.807, 2.05) is 0 Å². The van der Waals surface area contributed by atoms with E-state index in [1.54, 1.807) is 63.8 Å². The van der Waals surface area contributed by atoms with Crippen LogP contribution in [0.3, 0.4) is 0 Å². The van der Waals surface area contributed by atoms with Crippen LogP contribution in [0.4, 0.5) is 5.69 Å². The molecule has 0 aliphatic carbocycles. The van der Waals surface area contributed by atoms with Gasteiger partial charge in [-0.15, -0.1) is 0 Å². The molecule has 1 aliphatic heterocycles. The van der Waals surface area contributed by atoms with Crippen molar-refractivity contribution in [1.82, 2.24) is 0 Å². The van der Waals surface area contributed by atoms with Crippen molar-refractivity contribution >= 4 is 57.6 Å². The number of halogens is 1. The number of ether oxygens (including phenoxy) is 3. The highest BCUT2D eigenvalue weighted by molar-refractivity contribution is 8.27. The summed E-state index contributed by atoms with van der Waals surface area (Å²) in [5.74, 6) is 1.44. The van der Waals surface area contributed by atoms with Crippen molar-refractivity contribution in [2.45, 2.75) is 0 Å². The van der Waals surface area contributed by atoms with Gasteiger partial charge in [-0.25, -0.2) is 0 Å². The standard InChI is InChI=1S/C19H16ClNO4S2/c1-23-14-10-16(25-3)15(24-2)8-11(14)9-17-18(22)21(19(26)27-17)13-6-4-12(20)5-7-13/h4-10H,1-3H3/b17-9-. The SMILES string of the molecule is COc1cc(OC)c(OC)cc1/C=C1\SC(=S)N(c2ccc(Cl)cc2)C1=O. The number of thiocarbonyl (C=S) groups is 1. The van der Waals surface area contributed by atoms with E-state index in [-0.39, 0.29) is 5.91 Å². The first kappa shape index (κ1) is 19.5. The first-order valence-electron chi connectivity index (χ1n) is 7.82. The van der Waals surface area contributed by atoms with Crippen LogP contribution < -0.4 is 19.1 Å². The Bertz CT molecular complexity index is 928. The average Bonchev–Trinajstić information content (AvgIpc) is 2.95. The maximum absolute atomic E-state index is 12.9. The van der Waals surface area contributed by atoms with Crippen molar-refractivity contribution in [3.05, 3.63) is 51.9 Å². The summed E-state index contributed by atoms with van der Waals surface area (Å²) < 4.78 is 16.5. The van der Waals surface area contributed by atoms with Gasteiger partial charge in [0.25, 0.3) is 5.91 Å². The molecule has 5 nitrogen and oxygen atoms in total. The monoisotopic (exact) mass is 421 g/mol. The normalized spacial score (nSPS) is 15.4. The van der Waals surface area contributed by atoms with Gasteiger partial charge in [-0.3, -0.25) is 9.69 Å². The van der Waals surface area contributed by atoms with Gasteiger partial charge in [-0.05, 0) is 36.4 Å². The van der Waals surface area contributed by atoms with Crippen molar-refractivity contribution < 1.29 is 19.0 Å². The van der Waals surface area contributed by atoms with E-state index in [9.17, 15) is 4.79 Å². The van der Waals surface area contributed by atoms with Crippen LogP contribution in [0.15, 0.2) is 41.3 Å². The number of hydrogen-bond acceptors (Lipinski definition) is 6. The number of methoxy groups -OCH3 is 3. The zero-order valence-corrected chi connectivity index (χ0v) is 17.2. The molecule has 2 aromatic carbocycles. The van der Waals surface area contributed by atoms with Crippen LogP contribution in [0, 0.1) is 0 Å². The molecular weight excluding hydrogens is 406 g/mol. The Balaban J connectivity index is 1.99. The predicted octanol–water partition coefficient (Wildman–Crippen LogP) is 4.77. The largest absolute Gasteiger partial charge is 0.496 e. The minimum atomic E-state index is -0.204. The summed E-state index contributed by atoms with van der Waals surface area (Å²) in [6.45, 7) is 0. The second-order valence-electron chi connectivity index (χ2n) is 5.44. The van der Waals surface area contributed by atoms with E-state index < -0.39 is 0 Å².